The maximum atomic E-state index is 12.5. The largest absolute Gasteiger partial charge is 0.368 e. The van der Waals surface area contributed by atoms with Gasteiger partial charge in [-0.15, -0.1) is 0 Å². The Labute approximate surface area is 131 Å². The van der Waals surface area contributed by atoms with Crippen LogP contribution in [0.5, 0.6) is 0 Å². The summed E-state index contributed by atoms with van der Waals surface area (Å²) in [7, 11) is 0. The zero-order valence-electron chi connectivity index (χ0n) is 12.2. The van der Waals surface area contributed by atoms with E-state index >= 15 is 0 Å². The fraction of sp³-hybridized carbons (Fsp3) is 0.562. The first-order valence-electron chi connectivity index (χ1n) is 7.74. The molecule has 2 saturated heterocycles. The number of rotatable bonds is 2. The first kappa shape index (κ1) is 14.7. The van der Waals surface area contributed by atoms with Crippen LogP contribution in [-0.2, 0) is 4.79 Å². The lowest BCUT2D eigenvalue weighted by Crippen LogP contribution is -2.52. The third kappa shape index (κ3) is 3.50. The van der Waals surface area contributed by atoms with Gasteiger partial charge in [0.1, 0.15) is 0 Å². The summed E-state index contributed by atoms with van der Waals surface area (Å²) in [5, 5.41) is 4.09. The van der Waals surface area contributed by atoms with Gasteiger partial charge in [-0.25, -0.2) is 0 Å². The van der Waals surface area contributed by atoms with E-state index in [9.17, 15) is 4.79 Å². The Bertz CT molecular complexity index is 494. The number of anilines is 1. The topological polar surface area (TPSA) is 35.6 Å². The lowest BCUT2D eigenvalue weighted by Gasteiger charge is -2.38. The van der Waals surface area contributed by atoms with Crippen LogP contribution in [-0.4, -0.2) is 50.1 Å². The number of amides is 1. The molecular weight excluding hydrogens is 286 g/mol. The van der Waals surface area contributed by atoms with Gasteiger partial charge in [0, 0.05) is 43.4 Å². The molecule has 2 heterocycles. The molecule has 0 spiro atoms. The van der Waals surface area contributed by atoms with Crippen molar-refractivity contribution < 1.29 is 4.79 Å². The fourth-order valence-electron chi connectivity index (χ4n) is 3.18. The van der Waals surface area contributed by atoms with E-state index in [1.165, 1.54) is 0 Å². The van der Waals surface area contributed by atoms with Gasteiger partial charge in [-0.2, -0.15) is 0 Å². The minimum absolute atomic E-state index is 0.177. The van der Waals surface area contributed by atoms with Crippen LogP contribution in [0.2, 0.25) is 5.02 Å². The standard InChI is InChI=1S/C16H22ClN3O/c17-14-4-1-5-15(11-14)19-7-9-20(10-8-19)16(21)13-3-2-6-18-12-13/h1,4-5,11,13,18H,2-3,6-10,12H2/t13-/m1/s1. The average Bonchev–Trinajstić information content (AvgIpc) is 2.55. The van der Waals surface area contributed by atoms with Gasteiger partial charge in [0.05, 0.1) is 5.92 Å². The highest BCUT2D eigenvalue weighted by Gasteiger charge is 2.28. The Morgan fingerprint density at radius 3 is 2.71 bits per heavy atom. The highest BCUT2D eigenvalue weighted by molar-refractivity contribution is 6.30. The Balaban J connectivity index is 1.56. The van der Waals surface area contributed by atoms with E-state index in [2.05, 4.69) is 16.3 Å². The number of carbonyl (C=O) groups is 1. The SMILES string of the molecule is O=C([C@@H]1CCCNC1)N1CCN(c2cccc(Cl)c2)CC1. The number of carbonyl (C=O) groups excluding carboxylic acids is 1. The van der Waals surface area contributed by atoms with Gasteiger partial charge in [-0.05, 0) is 37.6 Å². The van der Waals surface area contributed by atoms with Gasteiger partial charge in [0.2, 0.25) is 5.91 Å². The van der Waals surface area contributed by atoms with Crippen LogP contribution in [0.4, 0.5) is 5.69 Å². The van der Waals surface area contributed by atoms with Gasteiger partial charge in [0.15, 0.2) is 0 Å². The molecular formula is C16H22ClN3O. The molecule has 2 aliphatic heterocycles. The van der Waals surface area contributed by atoms with Crippen LogP contribution < -0.4 is 10.2 Å². The van der Waals surface area contributed by atoms with E-state index < -0.39 is 0 Å². The van der Waals surface area contributed by atoms with E-state index in [0.717, 1.165) is 62.8 Å². The molecule has 0 bridgehead atoms. The Morgan fingerprint density at radius 2 is 2.05 bits per heavy atom. The fourth-order valence-corrected chi connectivity index (χ4v) is 3.36. The third-order valence-electron chi connectivity index (χ3n) is 4.41. The molecule has 0 radical (unpaired) electrons. The molecule has 4 nitrogen and oxygen atoms in total. The predicted molar refractivity (Wildman–Crippen MR) is 85.8 cm³/mol. The Hall–Kier alpha value is -1.26. The van der Waals surface area contributed by atoms with Crippen molar-refractivity contribution >= 4 is 23.2 Å². The first-order valence-corrected chi connectivity index (χ1v) is 8.12. The van der Waals surface area contributed by atoms with Gasteiger partial charge < -0.3 is 15.1 Å². The maximum absolute atomic E-state index is 12.5. The summed E-state index contributed by atoms with van der Waals surface area (Å²) in [4.78, 5) is 16.8. The molecule has 0 saturated carbocycles. The molecule has 0 aliphatic carbocycles. The zero-order chi connectivity index (χ0) is 14.7. The van der Waals surface area contributed by atoms with Crippen LogP contribution >= 0.6 is 11.6 Å². The normalized spacial score (nSPS) is 23.2. The van der Waals surface area contributed by atoms with Gasteiger partial charge in [0.25, 0.3) is 0 Å². The second-order valence-corrected chi connectivity index (χ2v) is 6.27. The average molecular weight is 308 g/mol. The second-order valence-electron chi connectivity index (χ2n) is 5.84. The Kier molecular flexibility index (Phi) is 4.66. The molecule has 114 valence electrons. The van der Waals surface area contributed by atoms with Crippen molar-refractivity contribution in [1.29, 1.82) is 0 Å². The van der Waals surface area contributed by atoms with Crippen molar-refractivity contribution in [1.82, 2.24) is 10.2 Å². The van der Waals surface area contributed by atoms with Gasteiger partial charge in [-0.3, -0.25) is 4.79 Å². The molecule has 1 N–H and O–H groups in total. The Morgan fingerprint density at radius 1 is 1.24 bits per heavy atom. The molecule has 0 unspecified atom stereocenters. The van der Waals surface area contributed by atoms with Crippen molar-refractivity contribution in [3.05, 3.63) is 29.3 Å². The lowest BCUT2D eigenvalue weighted by atomic mass is 9.98. The molecule has 1 aromatic carbocycles. The molecule has 1 amide bonds. The smallest absolute Gasteiger partial charge is 0.227 e. The molecule has 0 aromatic heterocycles. The van der Waals surface area contributed by atoms with Gasteiger partial charge in [-0.1, -0.05) is 17.7 Å². The molecule has 3 rings (SSSR count). The van der Waals surface area contributed by atoms with E-state index in [4.69, 9.17) is 11.6 Å². The van der Waals surface area contributed by atoms with Crippen molar-refractivity contribution in [3.63, 3.8) is 0 Å². The van der Waals surface area contributed by atoms with Crippen molar-refractivity contribution in [2.45, 2.75) is 12.8 Å². The van der Waals surface area contributed by atoms with Crippen molar-refractivity contribution in [3.8, 4) is 0 Å². The number of nitrogens with zero attached hydrogens (tertiary/aromatic N) is 2. The minimum Gasteiger partial charge on any atom is -0.368 e. The number of benzene rings is 1. The summed E-state index contributed by atoms with van der Waals surface area (Å²) < 4.78 is 0. The molecule has 5 heteroatoms. The summed E-state index contributed by atoms with van der Waals surface area (Å²) in [6.45, 7) is 5.27. The quantitative estimate of drug-likeness (QED) is 0.907. The molecule has 2 fully saturated rings. The van der Waals surface area contributed by atoms with E-state index in [-0.39, 0.29) is 5.92 Å². The number of piperidine rings is 1. The van der Waals surface area contributed by atoms with Gasteiger partial charge >= 0.3 is 0 Å². The zero-order valence-corrected chi connectivity index (χ0v) is 13.0. The maximum Gasteiger partial charge on any atom is 0.227 e. The lowest BCUT2D eigenvalue weighted by molar-refractivity contribution is -0.136. The summed E-state index contributed by atoms with van der Waals surface area (Å²) in [6.07, 6.45) is 2.14. The summed E-state index contributed by atoms with van der Waals surface area (Å²) in [6, 6.07) is 7.93. The predicted octanol–water partition coefficient (Wildman–Crippen LogP) is 1.99. The molecule has 2 aliphatic rings. The number of hydrogen-bond acceptors (Lipinski definition) is 3. The van der Waals surface area contributed by atoms with Crippen LogP contribution in [0.15, 0.2) is 24.3 Å². The minimum atomic E-state index is 0.177. The van der Waals surface area contributed by atoms with Crippen LogP contribution in [0.1, 0.15) is 12.8 Å². The first-order chi connectivity index (χ1) is 10.2. The van der Waals surface area contributed by atoms with Crippen molar-refractivity contribution in [2.75, 3.05) is 44.2 Å². The summed E-state index contributed by atoms with van der Waals surface area (Å²) in [5.74, 6) is 0.504. The van der Waals surface area contributed by atoms with Crippen LogP contribution in [0, 0.1) is 5.92 Å². The highest BCUT2D eigenvalue weighted by Crippen LogP contribution is 2.22. The highest BCUT2D eigenvalue weighted by atomic mass is 35.5. The second kappa shape index (κ2) is 6.67. The number of piperazine rings is 1. The molecule has 21 heavy (non-hydrogen) atoms. The number of nitrogens with one attached hydrogen (secondary N) is 1. The van der Waals surface area contributed by atoms with Crippen LogP contribution in [0.25, 0.3) is 0 Å². The number of hydrogen-bond donors (Lipinski definition) is 1. The molecule has 1 atom stereocenters. The van der Waals surface area contributed by atoms with Crippen molar-refractivity contribution in [2.24, 2.45) is 5.92 Å². The summed E-state index contributed by atoms with van der Waals surface area (Å²) >= 11 is 6.05. The number of halogens is 1. The van der Waals surface area contributed by atoms with Crippen LogP contribution in [0.3, 0.4) is 0 Å². The third-order valence-corrected chi connectivity index (χ3v) is 4.65. The monoisotopic (exact) mass is 307 g/mol. The van der Waals surface area contributed by atoms with E-state index in [1.54, 1.807) is 0 Å². The van der Waals surface area contributed by atoms with E-state index in [1.807, 2.05) is 23.1 Å². The molecule has 1 aromatic rings. The van der Waals surface area contributed by atoms with E-state index in [0.29, 0.717) is 5.91 Å². The summed E-state index contributed by atoms with van der Waals surface area (Å²) in [5.41, 5.74) is 1.15.